The minimum atomic E-state index is 0.00935. The Morgan fingerprint density at radius 3 is 2.79 bits per heavy atom. The lowest BCUT2D eigenvalue weighted by Crippen LogP contribution is -2.31. The summed E-state index contributed by atoms with van der Waals surface area (Å²) in [6, 6.07) is 0.00935. The molecule has 0 bridgehead atoms. The van der Waals surface area contributed by atoms with Gasteiger partial charge < -0.3 is 9.42 Å². The van der Waals surface area contributed by atoms with Gasteiger partial charge in [-0.15, -0.1) is 0 Å². The van der Waals surface area contributed by atoms with Crippen molar-refractivity contribution in [2.45, 2.75) is 57.9 Å². The number of nitrogens with zero attached hydrogens (tertiary/aromatic N) is 3. The van der Waals surface area contributed by atoms with Crippen LogP contribution in [0.5, 0.6) is 0 Å². The Balaban J connectivity index is 1.66. The normalized spacial score (nSPS) is 24.3. The highest BCUT2D eigenvalue weighted by Gasteiger charge is 2.34. The highest BCUT2D eigenvalue weighted by molar-refractivity contribution is 5.77. The van der Waals surface area contributed by atoms with Crippen molar-refractivity contribution in [3.63, 3.8) is 0 Å². The Labute approximate surface area is 113 Å². The quantitative estimate of drug-likeness (QED) is 0.841. The summed E-state index contributed by atoms with van der Waals surface area (Å²) in [4.78, 5) is 18.7. The van der Waals surface area contributed by atoms with Gasteiger partial charge in [-0.05, 0) is 38.5 Å². The molecule has 5 heteroatoms. The average molecular weight is 263 g/mol. The van der Waals surface area contributed by atoms with Crippen molar-refractivity contribution in [3.05, 3.63) is 11.7 Å². The van der Waals surface area contributed by atoms with Crippen LogP contribution in [0.4, 0.5) is 0 Å². The molecule has 0 spiro atoms. The second-order valence-corrected chi connectivity index (χ2v) is 5.78. The van der Waals surface area contributed by atoms with Crippen LogP contribution in [0.25, 0.3) is 0 Å². The monoisotopic (exact) mass is 263 g/mol. The van der Waals surface area contributed by atoms with Gasteiger partial charge in [-0.1, -0.05) is 18.0 Å². The largest absolute Gasteiger partial charge is 0.337 e. The van der Waals surface area contributed by atoms with E-state index >= 15 is 0 Å². The van der Waals surface area contributed by atoms with Gasteiger partial charge in [0.25, 0.3) is 0 Å². The number of likely N-dealkylation sites (tertiary alicyclic amines) is 1. The molecule has 1 aromatic rings. The number of amides is 1. The molecule has 5 nitrogen and oxygen atoms in total. The first-order chi connectivity index (χ1) is 9.24. The Bertz CT molecular complexity index is 451. The van der Waals surface area contributed by atoms with Crippen LogP contribution >= 0.6 is 0 Å². The third kappa shape index (κ3) is 2.65. The van der Waals surface area contributed by atoms with E-state index in [1.807, 2.05) is 11.8 Å². The smallest absolute Gasteiger partial charge is 0.249 e. The number of aromatic nitrogens is 2. The highest BCUT2D eigenvalue weighted by atomic mass is 16.5. The molecule has 1 aromatic heterocycles. The zero-order valence-corrected chi connectivity index (χ0v) is 11.5. The summed E-state index contributed by atoms with van der Waals surface area (Å²) < 4.78 is 5.24. The standard InChI is InChI=1S/C14H21N3O2/c1-10-15-14(19-16-10)12-7-4-8-17(12)13(18)9-11-5-2-3-6-11/h11-12H,2-9H2,1H3. The molecule has 1 saturated heterocycles. The summed E-state index contributed by atoms with van der Waals surface area (Å²) in [5, 5.41) is 3.83. The zero-order chi connectivity index (χ0) is 13.2. The minimum Gasteiger partial charge on any atom is -0.337 e. The van der Waals surface area contributed by atoms with E-state index in [1.165, 1.54) is 25.7 Å². The third-order valence-electron chi connectivity index (χ3n) is 4.34. The highest BCUT2D eigenvalue weighted by Crippen LogP contribution is 2.34. The molecule has 19 heavy (non-hydrogen) atoms. The molecular formula is C14H21N3O2. The lowest BCUT2D eigenvalue weighted by Gasteiger charge is -2.23. The average Bonchev–Trinajstić information content (AvgIpc) is 3.07. The van der Waals surface area contributed by atoms with Gasteiger partial charge in [0.2, 0.25) is 11.8 Å². The van der Waals surface area contributed by atoms with E-state index in [9.17, 15) is 4.79 Å². The maximum absolute atomic E-state index is 12.4. The van der Waals surface area contributed by atoms with Gasteiger partial charge in [-0.3, -0.25) is 4.79 Å². The summed E-state index contributed by atoms with van der Waals surface area (Å²) in [6.07, 6.45) is 7.66. The molecule has 0 aromatic carbocycles. The molecule has 2 fully saturated rings. The van der Waals surface area contributed by atoms with E-state index in [0.29, 0.717) is 24.1 Å². The molecule has 1 amide bonds. The van der Waals surface area contributed by atoms with Crippen LogP contribution in [0.1, 0.15) is 62.7 Å². The number of aryl methyl sites for hydroxylation is 1. The van der Waals surface area contributed by atoms with Crippen LogP contribution in [-0.2, 0) is 4.79 Å². The van der Waals surface area contributed by atoms with Gasteiger partial charge in [0.1, 0.15) is 6.04 Å². The van der Waals surface area contributed by atoms with Crippen molar-refractivity contribution in [2.24, 2.45) is 5.92 Å². The maximum Gasteiger partial charge on any atom is 0.249 e. The van der Waals surface area contributed by atoms with Crippen molar-refractivity contribution in [3.8, 4) is 0 Å². The maximum atomic E-state index is 12.4. The number of hydrogen-bond acceptors (Lipinski definition) is 4. The van der Waals surface area contributed by atoms with Crippen LogP contribution in [-0.4, -0.2) is 27.5 Å². The molecule has 3 rings (SSSR count). The Hall–Kier alpha value is -1.39. The fourth-order valence-electron chi connectivity index (χ4n) is 3.35. The second kappa shape index (κ2) is 5.31. The van der Waals surface area contributed by atoms with Gasteiger partial charge in [0, 0.05) is 13.0 Å². The van der Waals surface area contributed by atoms with Crippen molar-refractivity contribution in [1.82, 2.24) is 15.0 Å². The Morgan fingerprint density at radius 2 is 2.11 bits per heavy atom. The Morgan fingerprint density at radius 1 is 1.32 bits per heavy atom. The number of hydrogen-bond donors (Lipinski definition) is 0. The summed E-state index contributed by atoms with van der Waals surface area (Å²) in [5.74, 6) is 2.11. The molecule has 1 unspecified atom stereocenters. The molecule has 2 aliphatic rings. The lowest BCUT2D eigenvalue weighted by atomic mass is 10.0. The van der Waals surface area contributed by atoms with Gasteiger partial charge in [-0.2, -0.15) is 4.98 Å². The van der Waals surface area contributed by atoms with E-state index in [4.69, 9.17) is 4.52 Å². The van der Waals surface area contributed by atoms with Gasteiger partial charge >= 0.3 is 0 Å². The summed E-state index contributed by atoms with van der Waals surface area (Å²) in [6.45, 7) is 2.64. The zero-order valence-electron chi connectivity index (χ0n) is 11.5. The number of carbonyl (C=O) groups excluding carboxylic acids is 1. The van der Waals surface area contributed by atoms with Crippen LogP contribution in [0.3, 0.4) is 0 Å². The van der Waals surface area contributed by atoms with E-state index in [-0.39, 0.29) is 11.9 Å². The van der Waals surface area contributed by atoms with Gasteiger partial charge in [0.15, 0.2) is 5.82 Å². The fourth-order valence-corrected chi connectivity index (χ4v) is 3.35. The van der Waals surface area contributed by atoms with E-state index in [1.54, 1.807) is 0 Å². The Kier molecular flexibility index (Phi) is 3.53. The molecule has 1 saturated carbocycles. The molecular weight excluding hydrogens is 242 g/mol. The van der Waals surface area contributed by atoms with Crippen LogP contribution in [0, 0.1) is 12.8 Å². The van der Waals surface area contributed by atoms with Crippen LogP contribution in [0.15, 0.2) is 4.52 Å². The molecule has 1 atom stereocenters. The van der Waals surface area contributed by atoms with Crippen LogP contribution in [0.2, 0.25) is 0 Å². The lowest BCUT2D eigenvalue weighted by molar-refractivity contribution is -0.133. The van der Waals surface area contributed by atoms with E-state index in [2.05, 4.69) is 10.1 Å². The fraction of sp³-hybridized carbons (Fsp3) is 0.786. The first-order valence-electron chi connectivity index (χ1n) is 7.33. The predicted molar refractivity (Wildman–Crippen MR) is 69.3 cm³/mol. The molecule has 2 heterocycles. The first kappa shape index (κ1) is 12.6. The number of carbonyl (C=O) groups is 1. The molecule has 1 aliphatic carbocycles. The van der Waals surface area contributed by atoms with Crippen LogP contribution < -0.4 is 0 Å². The molecule has 0 radical (unpaired) electrons. The van der Waals surface area contributed by atoms with Crippen molar-refractivity contribution in [2.75, 3.05) is 6.54 Å². The summed E-state index contributed by atoms with van der Waals surface area (Å²) in [7, 11) is 0. The molecule has 0 N–H and O–H groups in total. The first-order valence-corrected chi connectivity index (χ1v) is 7.33. The van der Waals surface area contributed by atoms with Crippen molar-refractivity contribution in [1.29, 1.82) is 0 Å². The van der Waals surface area contributed by atoms with Crippen molar-refractivity contribution >= 4 is 5.91 Å². The molecule has 1 aliphatic heterocycles. The minimum absolute atomic E-state index is 0.00935. The van der Waals surface area contributed by atoms with E-state index < -0.39 is 0 Å². The summed E-state index contributed by atoms with van der Waals surface area (Å²) >= 11 is 0. The second-order valence-electron chi connectivity index (χ2n) is 5.78. The van der Waals surface area contributed by atoms with Gasteiger partial charge in [-0.25, -0.2) is 0 Å². The third-order valence-corrected chi connectivity index (χ3v) is 4.34. The molecule has 104 valence electrons. The van der Waals surface area contributed by atoms with Gasteiger partial charge in [0.05, 0.1) is 0 Å². The predicted octanol–water partition coefficient (Wildman–Crippen LogP) is 2.62. The SMILES string of the molecule is Cc1noc(C2CCCN2C(=O)CC2CCCC2)n1. The van der Waals surface area contributed by atoms with Crippen molar-refractivity contribution < 1.29 is 9.32 Å². The summed E-state index contributed by atoms with van der Waals surface area (Å²) in [5.41, 5.74) is 0. The topological polar surface area (TPSA) is 59.2 Å². The number of rotatable bonds is 3. The van der Waals surface area contributed by atoms with E-state index in [0.717, 1.165) is 19.4 Å².